The first-order chi connectivity index (χ1) is 14.1. The third kappa shape index (κ3) is 5.33. The monoisotopic (exact) mass is 475 g/mol. The van der Waals surface area contributed by atoms with Crippen molar-refractivity contribution in [3.8, 4) is 0 Å². The number of halogens is 2. The van der Waals surface area contributed by atoms with Crippen molar-refractivity contribution in [3.63, 3.8) is 0 Å². The van der Waals surface area contributed by atoms with Crippen molar-refractivity contribution in [2.24, 2.45) is 5.92 Å². The molecule has 2 saturated heterocycles. The maximum atomic E-state index is 13.0. The molecule has 1 amide bonds. The summed E-state index contributed by atoms with van der Waals surface area (Å²) in [6, 6.07) is 16.5. The van der Waals surface area contributed by atoms with Gasteiger partial charge in [-0.3, -0.25) is 9.69 Å². The minimum absolute atomic E-state index is 0.173. The molecule has 0 N–H and O–H groups in total. The van der Waals surface area contributed by atoms with Crippen molar-refractivity contribution in [3.05, 3.63) is 63.6 Å². The number of carbonyl (C=O) groups excluding carboxylic acids is 1. The van der Waals surface area contributed by atoms with Crippen molar-refractivity contribution in [2.45, 2.75) is 19.4 Å². The Bertz CT molecular complexity index is 846. The number of hydrogen-bond donors (Lipinski definition) is 0. The average Bonchev–Trinajstić information content (AvgIpc) is 2.74. The van der Waals surface area contributed by atoms with E-state index in [1.54, 1.807) is 0 Å². The first-order valence-corrected chi connectivity index (χ1v) is 11.5. The maximum Gasteiger partial charge on any atom is 0.225 e. The van der Waals surface area contributed by atoms with Crippen molar-refractivity contribution >= 4 is 39.1 Å². The fourth-order valence-corrected chi connectivity index (χ4v) is 4.98. The minimum atomic E-state index is 0.173. The molecule has 0 aromatic heterocycles. The van der Waals surface area contributed by atoms with Crippen molar-refractivity contribution in [2.75, 3.05) is 44.2 Å². The van der Waals surface area contributed by atoms with Crippen molar-refractivity contribution in [1.29, 1.82) is 0 Å². The van der Waals surface area contributed by atoms with E-state index in [2.05, 4.69) is 61.0 Å². The third-order valence-electron chi connectivity index (χ3n) is 6.00. The van der Waals surface area contributed by atoms with E-state index in [0.29, 0.717) is 5.91 Å². The van der Waals surface area contributed by atoms with Gasteiger partial charge in [0.05, 0.1) is 0 Å². The molecule has 2 aromatic carbocycles. The number of carbonyl (C=O) groups is 1. The average molecular weight is 477 g/mol. The van der Waals surface area contributed by atoms with Crippen LogP contribution in [0.5, 0.6) is 0 Å². The predicted octanol–water partition coefficient (Wildman–Crippen LogP) is 4.66. The molecule has 6 heteroatoms. The maximum absolute atomic E-state index is 13.0. The Kier molecular flexibility index (Phi) is 6.78. The van der Waals surface area contributed by atoms with Gasteiger partial charge in [0.2, 0.25) is 5.91 Å². The smallest absolute Gasteiger partial charge is 0.225 e. The lowest BCUT2D eigenvalue weighted by molar-refractivity contribution is -0.137. The molecule has 4 nitrogen and oxygen atoms in total. The quantitative estimate of drug-likeness (QED) is 0.642. The van der Waals surface area contributed by atoms with E-state index < -0.39 is 0 Å². The SMILES string of the molecule is O=C(C1CCN(Cc2cccc(Br)c2)CC1)N1CCN(c2cccc(Cl)c2)CC1. The topological polar surface area (TPSA) is 26.8 Å². The summed E-state index contributed by atoms with van der Waals surface area (Å²) >= 11 is 9.66. The number of anilines is 1. The van der Waals surface area contributed by atoms with Gasteiger partial charge in [-0.05, 0) is 61.8 Å². The molecule has 0 aliphatic carbocycles. The number of amides is 1. The highest BCUT2D eigenvalue weighted by atomic mass is 79.9. The Morgan fingerprint density at radius 3 is 2.38 bits per heavy atom. The van der Waals surface area contributed by atoms with Crippen LogP contribution in [0.1, 0.15) is 18.4 Å². The van der Waals surface area contributed by atoms with E-state index in [1.807, 2.05) is 18.2 Å². The lowest BCUT2D eigenvalue weighted by Crippen LogP contribution is -2.51. The first kappa shape index (κ1) is 20.7. The lowest BCUT2D eigenvalue weighted by atomic mass is 9.94. The molecule has 2 aromatic rings. The van der Waals surface area contributed by atoms with Gasteiger partial charge in [-0.15, -0.1) is 0 Å². The van der Waals surface area contributed by atoms with Crippen LogP contribution in [0.4, 0.5) is 5.69 Å². The molecule has 2 aliphatic heterocycles. The van der Waals surface area contributed by atoms with Crippen LogP contribution in [-0.4, -0.2) is 55.0 Å². The molecule has 2 fully saturated rings. The number of likely N-dealkylation sites (tertiary alicyclic amines) is 1. The molecule has 0 unspecified atom stereocenters. The van der Waals surface area contributed by atoms with Gasteiger partial charge in [0, 0.05) is 53.8 Å². The normalized spacial score (nSPS) is 18.8. The fourth-order valence-electron chi connectivity index (χ4n) is 4.35. The van der Waals surface area contributed by atoms with Crippen LogP contribution in [0.15, 0.2) is 53.0 Å². The zero-order chi connectivity index (χ0) is 20.2. The van der Waals surface area contributed by atoms with Gasteiger partial charge in [-0.1, -0.05) is 45.7 Å². The van der Waals surface area contributed by atoms with Gasteiger partial charge in [0.15, 0.2) is 0 Å². The zero-order valence-electron chi connectivity index (χ0n) is 16.6. The number of nitrogens with zero attached hydrogens (tertiary/aromatic N) is 3. The fraction of sp³-hybridized carbons (Fsp3) is 0.435. The van der Waals surface area contributed by atoms with Gasteiger partial charge in [0.25, 0.3) is 0 Å². The highest BCUT2D eigenvalue weighted by Crippen LogP contribution is 2.24. The van der Waals surface area contributed by atoms with E-state index in [9.17, 15) is 4.79 Å². The van der Waals surface area contributed by atoms with E-state index in [-0.39, 0.29) is 5.92 Å². The van der Waals surface area contributed by atoms with Crippen LogP contribution in [0.2, 0.25) is 5.02 Å². The summed E-state index contributed by atoms with van der Waals surface area (Å²) in [5, 5.41) is 0.760. The molecular weight excluding hydrogens is 450 g/mol. The first-order valence-electron chi connectivity index (χ1n) is 10.3. The van der Waals surface area contributed by atoms with Gasteiger partial charge in [-0.25, -0.2) is 0 Å². The molecule has 0 saturated carbocycles. The summed E-state index contributed by atoms with van der Waals surface area (Å²) < 4.78 is 1.12. The molecule has 0 bridgehead atoms. The van der Waals surface area contributed by atoms with E-state index in [4.69, 9.17) is 11.6 Å². The molecule has 2 heterocycles. The molecular formula is C23H27BrClN3O. The second-order valence-electron chi connectivity index (χ2n) is 7.97. The minimum Gasteiger partial charge on any atom is -0.368 e. The Morgan fingerprint density at radius 1 is 0.966 bits per heavy atom. The number of piperidine rings is 1. The van der Waals surface area contributed by atoms with Crippen LogP contribution in [-0.2, 0) is 11.3 Å². The Balaban J connectivity index is 1.25. The van der Waals surface area contributed by atoms with Crippen LogP contribution in [0.3, 0.4) is 0 Å². The number of piperazine rings is 1. The Morgan fingerprint density at radius 2 is 1.69 bits per heavy atom. The van der Waals surface area contributed by atoms with E-state index in [0.717, 1.165) is 73.8 Å². The molecule has 29 heavy (non-hydrogen) atoms. The van der Waals surface area contributed by atoms with Crippen LogP contribution in [0, 0.1) is 5.92 Å². The summed E-state index contributed by atoms with van der Waals surface area (Å²) in [6.45, 7) is 6.27. The molecule has 0 atom stereocenters. The largest absolute Gasteiger partial charge is 0.368 e. The van der Waals surface area contributed by atoms with Crippen LogP contribution >= 0.6 is 27.5 Å². The summed E-state index contributed by atoms with van der Waals surface area (Å²) in [4.78, 5) is 19.9. The van der Waals surface area contributed by atoms with E-state index >= 15 is 0 Å². The van der Waals surface area contributed by atoms with Crippen LogP contribution in [0.25, 0.3) is 0 Å². The summed E-state index contributed by atoms with van der Waals surface area (Å²) in [5.41, 5.74) is 2.46. The molecule has 0 radical (unpaired) electrons. The highest BCUT2D eigenvalue weighted by Gasteiger charge is 2.30. The molecule has 4 rings (SSSR count). The van der Waals surface area contributed by atoms with Gasteiger partial charge >= 0.3 is 0 Å². The zero-order valence-corrected chi connectivity index (χ0v) is 18.9. The van der Waals surface area contributed by atoms with Crippen molar-refractivity contribution < 1.29 is 4.79 Å². The summed E-state index contributed by atoms with van der Waals surface area (Å²) in [6.07, 6.45) is 1.92. The lowest BCUT2D eigenvalue weighted by Gasteiger charge is -2.39. The molecule has 2 aliphatic rings. The van der Waals surface area contributed by atoms with Crippen LogP contribution < -0.4 is 4.90 Å². The summed E-state index contributed by atoms with van der Waals surface area (Å²) in [5.74, 6) is 0.518. The molecule has 154 valence electrons. The third-order valence-corrected chi connectivity index (χ3v) is 6.73. The Hall–Kier alpha value is -1.56. The van der Waals surface area contributed by atoms with Gasteiger partial charge in [0.1, 0.15) is 0 Å². The predicted molar refractivity (Wildman–Crippen MR) is 122 cm³/mol. The standard InChI is InChI=1S/C23H27BrClN3O/c24-20-4-1-3-18(15-20)17-26-9-7-19(8-10-26)23(29)28-13-11-27(12-14-28)22-6-2-5-21(25)16-22/h1-6,15-16,19H,7-14,17H2. The van der Waals surface area contributed by atoms with Crippen molar-refractivity contribution in [1.82, 2.24) is 9.80 Å². The number of hydrogen-bond acceptors (Lipinski definition) is 3. The highest BCUT2D eigenvalue weighted by molar-refractivity contribution is 9.10. The van der Waals surface area contributed by atoms with Gasteiger partial charge < -0.3 is 9.80 Å². The number of rotatable bonds is 4. The Labute approximate surface area is 186 Å². The second kappa shape index (κ2) is 9.50. The molecule has 0 spiro atoms. The van der Waals surface area contributed by atoms with Gasteiger partial charge in [-0.2, -0.15) is 0 Å². The van der Waals surface area contributed by atoms with E-state index in [1.165, 1.54) is 5.56 Å². The number of benzene rings is 2. The second-order valence-corrected chi connectivity index (χ2v) is 9.32. The summed E-state index contributed by atoms with van der Waals surface area (Å²) in [7, 11) is 0.